The number of nitrogens with zero attached hydrogens (tertiary/aromatic N) is 3. The van der Waals surface area contributed by atoms with Crippen molar-refractivity contribution in [3.63, 3.8) is 0 Å². The van der Waals surface area contributed by atoms with E-state index in [0.29, 0.717) is 11.5 Å². The third-order valence-electron chi connectivity index (χ3n) is 3.31. The number of hydrogen-bond acceptors (Lipinski definition) is 6. The molecule has 2 aromatic rings. The Morgan fingerprint density at radius 2 is 2.29 bits per heavy atom. The van der Waals surface area contributed by atoms with Crippen molar-refractivity contribution in [2.24, 2.45) is 0 Å². The maximum absolute atomic E-state index is 11.6. The van der Waals surface area contributed by atoms with Crippen LogP contribution in [-0.2, 0) is 4.74 Å². The molecule has 6 heteroatoms. The number of hydrogen-bond donors (Lipinski definition) is 0. The van der Waals surface area contributed by atoms with Gasteiger partial charge in [-0.15, -0.1) is 10.2 Å². The van der Waals surface area contributed by atoms with Crippen LogP contribution in [0.2, 0.25) is 0 Å². The zero-order chi connectivity index (χ0) is 14.8. The minimum Gasteiger partial charge on any atom is -0.459 e. The maximum atomic E-state index is 11.6. The topological polar surface area (TPSA) is 89.0 Å². The normalized spacial score (nSPS) is 13.7. The molecular formula is C15H13N3O3. The van der Waals surface area contributed by atoms with Gasteiger partial charge in [-0.1, -0.05) is 6.07 Å². The SMILES string of the molecule is CCOC(=O)c1nnc(-c2cc(C#N)ccc2C2CC2)o1. The van der Waals surface area contributed by atoms with E-state index in [2.05, 4.69) is 16.3 Å². The first kappa shape index (κ1) is 13.3. The minimum atomic E-state index is -0.638. The second kappa shape index (κ2) is 5.37. The molecule has 0 atom stereocenters. The highest BCUT2D eigenvalue weighted by Crippen LogP contribution is 2.44. The van der Waals surface area contributed by atoms with Gasteiger partial charge in [0.25, 0.3) is 0 Å². The van der Waals surface area contributed by atoms with E-state index in [1.807, 2.05) is 6.07 Å². The van der Waals surface area contributed by atoms with Gasteiger partial charge in [0.15, 0.2) is 0 Å². The fraction of sp³-hybridized carbons (Fsp3) is 0.333. The van der Waals surface area contributed by atoms with Gasteiger partial charge < -0.3 is 9.15 Å². The van der Waals surface area contributed by atoms with Gasteiger partial charge in [-0.25, -0.2) is 4.79 Å². The number of carbonyl (C=O) groups is 1. The van der Waals surface area contributed by atoms with Gasteiger partial charge in [0.2, 0.25) is 5.89 Å². The van der Waals surface area contributed by atoms with Crippen LogP contribution in [0.15, 0.2) is 22.6 Å². The Hall–Kier alpha value is -2.68. The van der Waals surface area contributed by atoms with Crippen LogP contribution in [0, 0.1) is 11.3 Å². The first-order valence-corrected chi connectivity index (χ1v) is 6.78. The van der Waals surface area contributed by atoms with Crippen molar-refractivity contribution in [3.05, 3.63) is 35.2 Å². The maximum Gasteiger partial charge on any atom is 0.396 e. The van der Waals surface area contributed by atoms with Gasteiger partial charge in [-0.05, 0) is 43.4 Å². The van der Waals surface area contributed by atoms with Crippen LogP contribution in [0.25, 0.3) is 11.5 Å². The summed E-state index contributed by atoms with van der Waals surface area (Å²) in [6.07, 6.45) is 2.22. The number of esters is 1. The number of rotatable bonds is 4. The van der Waals surface area contributed by atoms with Crippen molar-refractivity contribution in [3.8, 4) is 17.5 Å². The molecule has 1 fully saturated rings. The summed E-state index contributed by atoms with van der Waals surface area (Å²) in [6, 6.07) is 7.50. The average Bonchev–Trinajstić information content (AvgIpc) is 3.23. The third kappa shape index (κ3) is 2.63. The van der Waals surface area contributed by atoms with Crippen molar-refractivity contribution in [1.29, 1.82) is 5.26 Å². The fourth-order valence-electron chi connectivity index (χ4n) is 2.17. The second-order valence-electron chi connectivity index (χ2n) is 4.82. The summed E-state index contributed by atoms with van der Waals surface area (Å²) in [5.41, 5.74) is 2.32. The van der Waals surface area contributed by atoms with E-state index in [9.17, 15) is 4.79 Å². The van der Waals surface area contributed by atoms with Gasteiger partial charge >= 0.3 is 11.9 Å². The summed E-state index contributed by atoms with van der Waals surface area (Å²) in [5, 5.41) is 16.6. The molecule has 1 saturated carbocycles. The zero-order valence-electron chi connectivity index (χ0n) is 11.5. The van der Waals surface area contributed by atoms with Crippen molar-refractivity contribution < 1.29 is 13.9 Å². The van der Waals surface area contributed by atoms with Crippen molar-refractivity contribution in [2.75, 3.05) is 6.61 Å². The lowest BCUT2D eigenvalue weighted by Crippen LogP contribution is -2.04. The van der Waals surface area contributed by atoms with E-state index >= 15 is 0 Å². The van der Waals surface area contributed by atoms with Gasteiger partial charge in [0, 0.05) is 5.56 Å². The number of carbonyl (C=O) groups excluding carboxylic acids is 1. The van der Waals surface area contributed by atoms with E-state index in [4.69, 9.17) is 14.4 Å². The van der Waals surface area contributed by atoms with Gasteiger partial charge in [0.1, 0.15) is 0 Å². The van der Waals surface area contributed by atoms with Crippen molar-refractivity contribution >= 4 is 5.97 Å². The highest BCUT2D eigenvalue weighted by atomic mass is 16.5. The third-order valence-corrected chi connectivity index (χ3v) is 3.31. The van der Waals surface area contributed by atoms with Crippen LogP contribution < -0.4 is 0 Å². The lowest BCUT2D eigenvalue weighted by Gasteiger charge is -2.05. The molecule has 1 aliphatic rings. The standard InChI is InChI=1S/C15H13N3O3/c1-2-20-15(19)14-18-17-13(21-14)12-7-9(8-16)3-6-11(12)10-4-5-10/h3,6-7,10H,2,4-5H2,1H3. The quantitative estimate of drug-likeness (QED) is 0.801. The highest BCUT2D eigenvalue weighted by molar-refractivity contribution is 5.84. The molecule has 0 unspecified atom stereocenters. The fourth-order valence-corrected chi connectivity index (χ4v) is 2.17. The van der Waals surface area contributed by atoms with E-state index in [1.165, 1.54) is 0 Å². The molecule has 6 nitrogen and oxygen atoms in total. The Balaban J connectivity index is 1.99. The largest absolute Gasteiger partial charge is 0.459 e. The molecular weight excluding hydrogens is 270 g/mol. The smallest absolute Gasteiger partial charge is 0.396 e. The zero-order valence-corrected chi connectivity index (χ0v) is 11.5. The monoisotopic (exact) mass is 283 g/mol. The number of benzene rings is 1. The molecule has 0 spiro atoms. The Kier molecular flexibility index (Phi) is 3.40. The lowest BCUT2D eigenvalue weighted by molar-refractivity contribution is 0.0481. The van der Waals surface area contributed by atoms with Crippen molar-refractivity contribution in [2.45, 2.75) is 25.7 Å². The molecule has 0 radical (unpaired) electrons. The summed E-state index contributed by atoms with van der Waals surface area (Å²) in [5.74, 6) is -0.0978. The van der Waals surface area contributed by atoms with E-state index in [1.54, 1.807) is 19.1 Å². The Bertz CT molecular complexity index is 726. The summed E-state index contributed by atoms with van der Waals surface area (Å²) < 4.78 is 10.2. The van der Waals surface area contributed by atoms with Crippen molar-refractivity contribution in [1.82, 2.24) is 10.2 Å². The van der Waals surface area contributed by atoms with Crippen LogP contribution in [0.3, 0.4) is 0 Å². The summed E-state index contributed by atoms with van der Waals surface area (Å²) in [7, 11) is 0. The lowest BCUT2D eigenvalue weighted by atomic mass is 10.0. The van der Waals surface area contributed by atoms with Crippen LogP contribution in [0.4, 0.5) is 0 Å². The average molecular weight is 283 g/mol. The number of aromatic nitrogens is 2. The van der Waals surface area contributed by atoms with Crippen LogP contribution in [0.1, 0.15) is 47.5 Å². The molecule has 1 aromatic carbocycles. The van der Waals surface area contributed by atoms with Crippen LogP contribution >= 0.6 is 0 Å². The molecule has 21 heavy (non-hydrogen) atoms. The predicted octanol–water partition coefficient (Wildman–Crippen LogP) is 2.66. The van der Waals surface area contributed by atoms with Crippen LogP contribution in [-0.4, -0.2) is 22.8 Å². The summed E-state index contributed by atoms with van der Waals surface area (Å²) in [4.78, 5) is 11.6. The summed E-state index contributed by atoms with van der Waals surface area (Å²) in [6.45, 7) is 1.95. The number of ether oxygens (including phenoxy) is 1. The molecule has 1 aromatic heterocycles. The van der Waals surface area contributed by atoms with Gasteiger partial charge in [-0.3, -0.25) is 0 Å². The molecule has 0 saturated heterocycles. The Morgan fingerprint density at radius 1 is 1.48 bits per heavy atom. The first-order chi connectivity index (χ1) is 10.2. The predicted molar refractivity (Wildman–Crippen MR) is 72.4 cm³/mol. The van der Waals surface area contributed by atoms with Gasteiger partial charge in [0.05, 0.1) is 18.2 Å². The summed E-state index contributed by atoms with van der Waals surface area (Å²) >= 11 is 0. The molecule has 106 valence electrons. The Labute approximate surface area is 121 Å². The molecule has 0 N–H and O–H groups in total. The van der Waals surface area contributed by atoms with E-state index in [-0.39, 0.29) is 18.4 Å². The molecule has 1 heterocycles. The molecule has 3 rings (SSSR count). The molecule has 1 aliphatic carbocycles. The Morgan fingerprint density at radius 3 is 2.95 bits per heavy atom. The second-order valence-corrected chi connectivity index (χ2v) is 4.82. The van der Waals surface area contributed by atoms with Gasteiger partial charge in [-0.2, -0.15) is 5.26 Å². The van der Waals surface area contributed by atoms with Crippen LogP contribution in [0.5, 0.6) is 0 Å². The van der Waals surface area contributed by atoms with E-state index in [0.717, 1.165) is 24.0 Å². The first-order valence-electron chi connectivity index (χ1n) is 6.78. The number of nitriles is 1. The van der Waals surface area contributed by atoms with E-state index < -0.39 is 5.97 Å². The molecule has 0 bridgehead atoms. The molecule has 0 aliphatic heterocycles. The highest BCUT2D eigenvalue weighted by Gasteiger charge is 2.28. The minimum absolute atomic E-state index is 0.170. The molecule has 0 amide bonds.